The summed E-state index contributed by atoms with van der Waals surface area (Å²) in [5.74, 6) is 1.52. The van der Waals surface area contributed by atoms with E-state index in [1.165, 1.54) is 11.1 Å². The molecule has 0 spiro atoms. The van der Waals surface area contributed by atoms with Crippen molar-refractivity contribution in [1.29, 1.82) is 0 Å². The third-order valence-corrected chi connectivity index (χ3v) is 4.34. The first kappa shape index (κ1) is 12.7. The average molecular weight is 300 g/mol. The van der Waals surface area contributed by atoms with Gasteiger partial charge in [-0.25, -0.2) is 0 Å². The first-order valence-electron chi connectivity index (χ1n) is 5.71. The number of hydrogen-bond donors (Lipinski definition) is 1. The maximum atomic E-state index is 5.91. The molecule has 0 atom stereocenters. The van der Waals surface area contributed by atoms with Crippen molar-refractivity contribution < 1.29 is 9.47 Å². The summed E-state index contributed by atoms with van der Waals surface area (Å²) in [6.45, 7) is 2.78. The van der Waals surface area contributed by atoms with E-state index in [0.29, 0.717) is 6.54 Å². The maximum absolute atomic E-state index is 5.91. The van der Waals surface area contributed by atoms with Gasteiger partial charge in [0.2, 0.25) is 0 Å². The van der Waals surface area contributed by atoms with Crippen LogP contribution in [0.25, 0.3) is 0 Å². The quantitative estimate of drug-likeness (QED) is 0.930. The summed E-state index contributed by atoms with van der Waals surface area (Å²) in [6, 6.07) is 2.02. The van der Waals surface area contributed by atoms with Gasteiger partial charge in [-0.3, -0.25) is 0 Å². The van der Waals surface area contributed by atoms with Crippen LogP contribution in [0, 0.1) is 6.92 Å². The van der Waals surface area contributed by atoms with Crippen molar-refractivity contribution in [3.63, 3.8) is 0 Å². The zero-order valence-corrected chi connectivity index (χ0v) is 12.1. The predicted octanol–water partition coefficient (Wildman–Crippen LogP) is 2.77. The number of ether oxygens (including phenoxy) is 2. The van der Waals surface area contributed by atoms with Crippen molar-refractivity contribution in [2.75, 3.05) is 20.8 Å². The van der Waals surface area contributed by atoms with E-state index in [9.17, 15) is 0 Å². The van der Waals surface area contributed by atoms with Crippen LogP contribution in [0.15, 0.2) is 10.5 Å². The fourth-order valence-corrected chi connectivity index (χ4v) is 3.52. The first-order valence-corrected chi connectivity index (χ1v) is 6.50. The Labute approximate surface area is 110 Å². The molecule has 94 valence electrons. The van der Waals surface area contributed by atoms with Crippen LogP contribution < -0.4 is 15.2 Å². The fourth-order valence-electron chi connectivity index (χ4n) is 2.43. The topological polar surface area (TPSA) is 44.5 Å². The van der Waals surface area contributed by atoms with Crippen LogP contribution >= 0.6 is 15.9 Å². The smallest absolute Gasteiger partial charge is 0.175 e. The normalized spacial score (nSPS) is 16.8. The molecule has 2 N–H and O–H groups in total. The lowest BCUT2D eigenvalue weighted by Gasteiger charge is -2.21. The van der Waals surface area contributed by atoms with Crippen LogP contribution in [-0.4, -0.2) is 20.8 Å². The zero-order valence-electron chi connectivity index (χ0n) is 10.5. The summed E-state index contributed by atoms with van der Waals surface area (Å²) < 4.78 is 11.7. The molecule has 3 nitrogen and oxygen atoms in total. The third kappa shape index (κ3) is 1.93. The summed E-state index contributed by atoms with van der Waals surface area (Å²) in [6.07, 6.45) is 2.30. The Kier molecular flexibility index (Phi) is 3.36. The highest BCUT2D eigenvalue weighted by Gasteiger charge is 2.46. The van der Waals surface area contributed by atoms with Gasteiger partial charge in [0.05, 0.1) is 18.7 Å². The van der Waals surface area contributed by atoms with Crippen molar-refractivity contribution >= 4 is 15.9 Å². The number of nitrogens with two attached hydrogens (primary N) is 1. The molecular weight excluding hydrogens is 282 g/mol. The zero-order chi connectivity index (χ0) is 12.6. The Morgan fingerprint density at radius 2 is 2.00 bits per heavy atom. The summed E-state index contributed by atoms with van der Waals surface area (Å²) in [7, 11) is 3.31. The monoisotopic (exact) mass is 299 g/mol. The molecule has 1 aromatic carbocycles. The van der Waals surface area contributed by atoms with Crippen molar-refractivity contribution in [2.24, 2.45) is 5.73 Å². The van der Waals surface area contributed by atoms with Crippen molar-refractivity contribution in [3.8, 4) is 11.5 Å². The van der Waals surface area contributed by atoms with E-state index in [4.69, 9.17) is 15.2 Å². The highest BCUT2D eigenvalue weighted by Crippen LogP contribution is 2.54. The van der Waals surface area contributed by atoms with E-state index < -0.39 is 0 Å². The second-order valence-corrected chi connectivity index (χ2v) is 5.40. The summed E-state index contributed by atoms with van der Waals surface area (Å²) in [4.78, 5) is 0. The van der Waals surface area contributed by atoms with E-state index in [1.807, 2.05) is 6.07 Å². The standard InChI is InChI=1S/C13H18BrNO2/c1-8-6-9(16-2)12(17-3)11(14)10(8)13(7-15)4-5-13/h6H,4-5,7,15H2,1-3H3. The van der Waals surface area contributed by atoms with Gasteiger partial charge >= 0.3 is 0 Å². The molecule has 1 aliphatic rings. The molecule has 0 heterocycles. The molecule has 4 heteroatoms. The number of aryl methyl sites for hydroxylation is 1. The largest absolute Gasteiger partial charge is 0.493 e. The minimum atomic E-state index is 0.141. The van der Waals surface area contributed by atoms with Crippen LogP contribution in [0.2, 0.25) is 0 Å². The number of methoxy groups -OCH3 is 2. The van der Waals surface area contributed by atoms with Crippen molar-refractivity contribution in [1.82, 2.24) is 0 Å². The van der Waals surface area contributed by atoms with Gasteiger partial charge in [-0.15, -0.1) is 0 Å². The molecule has 1 aromatic rings. The van der Waals surface area contributed by atoms with Gasteiger partial charge in [-0.2, -0.15) is 0 Å². The first-order chi connectivity index (χ1) is 8.09. The molecule has 1 aliphatic carbocycles. The van der Waals surface area contributed by atoms with Gasteiger partial charge in [0.15, 0.2) is 11.5 Å². The van der Waals surface area contributed by atoms with Crippen LogP contribution in [-0.2, 0) is 5.41 Å². The lowest BCUT2D eigenvalue weighted by Crippen LogP contribution is -2.21. The molecule has 0 amide bonds. The van der Waals surface area contributed by atoms with Gasteiger partial charge in [0, 0.05) is 12.0 Å². The number of benzene rings is 1. The minimum absolute atomic E-state index is 0.141. The van der Waals surface area contributed by atoms with Crippen LogP contribution in [0.4, 0.5) is 0 Å². The molecular formula is C13H18BrNO2. The molecule has 0 bridgehead atoms. The van der Waals surface area contributed by atoms with E-state index >= 15 is 0 Å². The maximum Gasteiger partial charge on any atom is 0.175 e. The van der Waals surface area contributed by atoms with Crippen LogP contribution in [0.5, 0.6) is 11.5 Å². The molecule has 0 aliphatic heterocycles. The lowest BCUT2D eigenvalue weighted by atomic mass is 9.91. The Balaban J connectivity index is 2.61. The molecule has 1 fully saturated rings. The van der Waals surface area contributed by atoms with Crippen LogP contribution in [0.3, 0.4) is 0 Å². The predicted molar refractivity (Wildman–Crippen MR) is 71.9 cm³/mol. The van der Waals surface area contributed by atoms with Crippen molar-refractivity contribution in [2.45, 2.75) is 25.2 Å². The Morgan fingerprint density at radius 1 is 1.35 bits per heavy atom. The summed E-state index contributed by atoms with van der Waals surface area (Å²) in [5.41, 5.74) is 8.53. The van der Waals surface area contributed by atoms with E-state index in [2.05, 4.69) is 22.9 Å². The van der Waals surface area contributed by atoms with Gasteiger partial charge < -0.3 is 15.2 Å². The molecule has 0 radical (unpaired) electrons. The molecule has 0 unspecified atom stereocenters. The molecule has 0 aromatic heterocycles. The highest BCUT2D eigenvalue weighted by atomic mass is 79.9. The molecule has 0 saturated heterocycles. The number of halogens is 1. The lowest BCUT2D eigenvalue weighted by molar-refractivity contribution is 0.351. The third-order valence-electron chi connectivity index (χ3n) is 3.58. The number of hydrogen-bond acceptors (Lipinski definition) is 3. The van der Waals surface area contributed by atoms with E-state index in [-0.39, 0.29) is 5.41 Å². The summed E-state index contributed by atoms with van der Waals surface area (Å²) >= 11 is 3.64. The number of rotatable bonds is 4. The van der Waals surface area contributed by atoms with E-state index in [1.54, 1.807) is 14.2 Å². The Bertz CT molecular complexity index is 442. The Hall–Kier alpha value is -0.740. The van der Waals surface area contributed by atoms with Gasteiger partial charge in [0.25, 0.3) is 0 Å². The molecule has 17 heavy (non-hydrogen) atoms. The van der Waals surface area contributed by atoms with Gasteiger partial charge in [-0.1, -0.05) is 0 Å². The molecule has 2 rings (SSSR count). The van der Waals surface area contributed by atoms with Gasteiger partial charge in [0.1, 0.15) is 0 Å². The van der Waals surface area contributed by atoms with Gasteiger partial charge in [-0.05, 0) is 52.9 Å². The SMILES string of the molecule is COc1cc(C)c(C2(CN)CC2)c(Br)c1OC. The Morgan fingerprint density at radius 3 is 2.41 bits per heavy atom. The highest BCUT2D eigenvalue weighted by molar-refractivity contribution is 9.10. The van der Waals surface area contributed by atoms with E-state index in [0.717, 1.165) is 28.8 Å². The fraction of sp³-hybridized carbons (Fsp3) is 0.538. The average Bonchev–Trinajstić information content (AvgIpc) is 3.09. The summed E-state index contributed by atoms with van der Waals surface area (Å²) in [5, 5.41) is 0. The second-order valence-electron chi connectivity index (χ2n) is 4.60. The molecule has 1 saturated carbocycles. The van der Waals surface area contributed by atoms with Crippen molar-refractivity contribution in [3.05, 3.63) is 21.7 Å². The minimum Gasteiger partial charge on any atom is -0.493 e. The second kappa shape index (κ2) is 4.50. The van der Waals surface area contributed by atoms with Crippen LogP contribution in [0.1, 0.15) is 24.0 Å².